The van der Waals surface area contributed by atoms with Crippen LogP contribution >= 0.6 is 11.6 Å². The number of aliphatic hydroxyl groups is 1. The molecule has 0 amide bonds. The highest BCUT2D eigenvalue weighted by Gasteiger charge is 2.29. The fourth-order valence-corrected chi connectivity index (χ4v) is 4.13. The van der Waals surface area contributed by atoms with Gasteiger partial charge in [-0.25, -0.2) is 0 Å². The topological polar surface area (TPSA) is 41.3 Å². The highest BCUT2D eigenvalue weighted by atomic mass is 35.5. The van der Waals surface area contributed by atoms with Crippen molar-refractivity contribution in [3.8, 4) is 0 Å². The van der Waals surface area contributed by atoms with Gasteiger partial charge in [0.15, 0.2) is 0 Å². The molecule has 25 heavy (non-hydrogen) atoms. The number of benzene rings is 1. The molecule has 1 N–H and O–H groups in total. The number of fused-ring (bicyclic) bond motifs is 3. The second kappa shape index (κ2) is 6.13. The van der Waals surface area contributed by atoms with Crippen LogP contribution < -0.4 is 0 Å². The molecule has 2 aromatic heterocycles. The molecule has 4 rings (SSSR count). The quantitative estimate of drug-likeness (QED) is 0.780. The van der Waals surface area contributed by atoms with Gasteiger partial charge in [0.25, 0.3) is 0 Å². The number of halogens is 1. The van der Waals surface area contributed by atoms with Crippen LogP contribution in [-0.2, 0) is 25.1 Å². The summed E-state index contributed by atoms with van der Waals surface area (Å²) in [4.78, 5) is 6.48. The third-order valence-electron chi connectivity index (χ3n) is 5.16. The molecule has 0 saturated carbocycles. The lowest BCUT2D eigenvalue weighted by atomic mass is 9.97. The molecular weight excluding hydrogens is 334 g/mol. The lowest BCUT2D eigenvalue weighted by Crippen LogP contribution is -2.31. The van der Waals surface area contributed by atoms with Crippen LogP contribution in [0.5, 0.6) is 0 Å². The molecule has 0 radical (unpaired) electrons. The maximum absolute atomic E-state index is 11.1. The molecule has 0 aliphatic carbocycles. The van der Waals surface area contributed by atoms with Crippen LogP contribution in [0.15, 0.2) is 42.7 Å². The normalized spacial score (nSPS) is 17.4. The summed E-state index contributed by atoms with van der Waals surface area (Å²) in [7, 11) is 2.14. The zero-order valence-electron chi connectivity index (χ0n) is 14.5. The highest BCUT2D eigenvalue weighted by Crippen LogP contribution is 2.36. The summed E-state index contributed by atoms with van der Waals surface area (Å²) < 4.78 is 2.22. The number of hydrogen-bond donors (Lipinski definition) is 1. The summed E-state index contributed by atoms with van der Waals surface area (Å²) >= 11 is 6.56. The first-order valence-electron chi connectivity index (χ1n) is 8.57. The Labute approximate surface area is 152 Å². The number of pyridine rings is 1. The second-order valence-corrected chi connectivity index (χ2v) is 7.56. The second-order valence-electron chi connectivity index (χ2n) is 7.15. The van der Waals surface area contributed by atoms with Crippen molar-refractivity contribution in [1.29, 1.82) is 0 Å². The van der Waals surface area contributed by atoms with Gasteiger partial charge in [0.2, 0.25) is 0 Å². The van der Waals surface area contributed by atoms with Crippen molar-refractivity contribution in [3.05, 3.63) is 64.6 Å². The molecule has 0 spiro atoms. The van der Waals surface area contributed by atoms with E-state index in [2.05, 4.69) is 27.6 Å². The van der Waals surface area contributed by atoms with Crippen molar-refractivity contribution in [2.75, 3.05) is 13.6 Å². The number of likely N-dealkylation sites (N-methyl/N-ethyl adjacent to an activating group) is 1. The molecule has 0 bridgehead atoms. The van der Waals surface area contributed by atoms with Crippen molar-refractivity contribution in [2.45, 2.75) is 32.0 Å². The molecule has 1 atom stereocenters. The van der Waals surface area contributed by atoms with Gasteiger partial charge in [0.05, 0.1) is 17.1 Å². The average Bonchev–Trinajstić information content (AvgIpc) is 2.90. The minimum atomic E-state index is -1.02. The van der Waals surface area contributed by atoms with E-state index >= 15 is 0 Å². The SMILES string of the molecule is CN1CCc2c(c3cccc(Cl)c3n2CC(C)(O)c2cccnc2)C1. The number of hydrogen-bond acceptors (Lipinski definition) is 3. The molecule has 130 valence electrons. The molecule has 5 heteroatoms. The summed E-state index contributed by atoms with van der Waals surface area (Å²) in [6.45, 7) is 4.22. The Bertz CT molecular complexity index is 918. The van der Waals surface area contributed by atoms with Crippen LogP contribution in [0.25, 0.3) is 10.9 Å². The van der Waals surface area contributed by atoms with E-state index < -0.39 is 5.60 Å². The molecule has 3 aromatic rings. The van der Waals surface area contributed by atoms with E-state index in [4.69, 9.17) is 11.6 Å². The molecule has 1 aliphatic rings. The smallest absolute Gasteiger partial charge is 0.106 e. The maximum atomic E-state index is 11.1. The third-order valence-corrected chi connectivity index (χ3v) is 5.47. The minimum absolute atomic E-state index is 0.456. The largest absolute Gasteiger partial charge is 0.384 e. The van der Waals surface area contributed by atoms with E-state index in [-0.39, 0.29) is 0 Å². The van der Waals surface area contributed by atoms with Gasteiger partial charge in [-0.3, -0.25) is 4.98 Å². The zero-order chi connectivity index (χ0) is 17.6. The molecule has 1 aliphatic heterocycles. The van der Waals surface area contributed by atoms with Gasteiger partial charge in [0, 0.05) is 48.5 Å². The highest BCUT2D eigenvalue weighted by molar-refractivity contribution is 6.35. The van der Waals surface area contributed by atoms with Crippen molar-refractivity contribution in [1.82, 2.24) is 14.5 Å². The molecular formula is C20H22ClN3O. The fourth-order valence-electron chi connectivity index (χ4n) is 3.85. The summed E-state index contributed by atoms with van der Waals surface area (Å²) in [6, 6.07) is 9.83. The predicted molar refractivity (Wildman–Crippen MR) is 101 cm³/mol. The van der Waals surface area contributed by atoms with Crippen LogP contribution in [-0.4, -0.2) is 33.1 Å². The lowest BCUT2D eigenvalue weighted by Gasteiger charge is -2.28. The molecule has 1 unspecified atom stereocenters. The monoisotopic (exact) mass is 355 g/mol. The van der Waals surface area contributed by atoms with E-state index in [1.165, 1.54) is 16.6 Å². The van der Waals surface area contributed by atoms with Gasteiger partial charge in [0.1, 0.15) is 5.60 Å². The van der Waals surface area contributed by atoms with Crippen LogP contribution in [0, 0.1) is 0 Å². The van der Waals surface area contributed by atoms with Gasteiger partial charge < -0.3 is 14.6 Å². The summed E-state index contributed by atoms with van der Waals surface area (Å²) in [5.74, 6) is 0. The average molecular weight is 356 g/mol. The molecule has 0 fully saturated rings. The van der Waals surface area contributed by atoms with Crippen LogP contribution in [0.2, 0.25) is 5.02 Å². The van der Waals surface area contributed by atoms with E-state index in [1.54, 1.807) is 12.4 Å². The Morgan fingerprint density at radius 2 is 2.12 bits per heavy atom. The fraction of sp³-hybridized carbons (Fsp3) is 0.350. The number of para-hydroxylation sites is 1. The Kier molecular flexibility index (Phi) is 4.07. The first kappa shape index (κ1) is 16.6. The van der Waals surface area contributed by atoms with Gasteiger partial charge in [-0.15, -0.1) is 0 Å². The Morgan fingerprint density at radius 1 is 1.28 bits per heavy atom. The molecule has 1 aromatic carbocycles. The van der Waals surface area contributed by atoms with E-state index in [0.717, 1.165) is 35.6 Å². The molecule has 4 nitrogen and oxygen atoms in total. The first-order chi connectivity index (χ1) is 12.0. The van der Waals surface area contributed by atoms with Crippen molar-refractivity contribution in [3.63, 3.8) is 0 Å². The van der Waals surface area contributed by atoms with E-state index in [1.807, 2.05) is 31.2 Å². The van der Waals surface area contributed by atoms with Gasteiger partial charge in [-0.2, -0.15) is 0 Å². The van der Waals surface area contributed by atoms with Gasteiger partial charge >= 0.3 is 0 Å². The predicted octanol–water partition coefficient (Wildman–Crippen LogP) is 3.59. The first-order valence-corrected chi connectivity index (χ1v) is 8.95. The Hall–Kier alpha value is -1.88. The van der Waals surface area contributed by atoms with Crippen molar-refractivity contribution < 1.29 is 5.11 Å². The van der Waals surface area contributed by atoms with E-state index in [0.29, 0.717) is 6.54 Å². The summed E-state index contributed by atoms with van der Waals surface area (Å²) in [5, 5.41) is 13.1. The number of nitrogens with zero attached hydrogens (tertiary/aromatic N) is 3. The number of rotatable bonds is 3. The van der Waals surface area contributed by atoms with Gasteiger partial charge in [-0.05, 0) is 31.7 Å². The number of aromatic nitrogens is 2. The van der Waals surface area contributed by atoms with Crippen LogP contribution in [0.3, 0.4) is 0 Å². The zero-order valence-corrected chi connectivity index (χ0v) is 15.3. The van der Waals surface area contributed by atoms with Gasteiger partial charge in [-0.1, -0.05) is 29.8 Å². The Morgan fingerprint density at radius 3 is 2.88 bits per heavy atom. The molecule has 3 heterocycles. The standard InChI is InChI=1S/C20H22ClN3O/c1-20(25,14-5-4-9-22-11-14)13-24-18-8-10-23(2)12-16(18)15-6-3-7-17(21)19(15)24/h3-7,9,11,25H,8,10,12-13H2,1-2H3. The van der Waals surface area contributed by atoms with Crippen molar-refractivity contribution >= 4 is 22.5 Å². The lowest BCUT2D eigenvalue weighted by molar-refractivity contribution is 0.0382. The summed E-state index contributed by atoms with van der Waals surface area (Å²) in [6.07, 6.45) is 4.41. The minimum Gasteiger partial charge on any atom is -0.384 e. The van der Waals surface area contributed by atoms with Crippen molar-refractivity contribution in [2.24, 2.45) is 0 Å². The van der Waals surface area contributed by atoms with E-state index in [9.17, 15) is 5.11 Å². The maximum Gasteiger partial charge on any atom is 0.106 e. The van der Waals surface area contributed by atoms with Crippen LogP contribution in [0.4, 0.5) is 0 Å². The van der Waals surface area contributed by atoms with Crippen LogP contribution in [0.1, 0.15) is 23.7 Å². The summed E-state index contributed by atoms with van der Waals surface area (Å²) in [5.41, 5.74) is 3.43. The third kappa shape index (κ3) is 2.84. The Balaban J connectivity index is 1.87. The molecule has 0 saturated heterocycles.